The fourth-order valence-corrected chi connectivity index (χ4v) is 1.38. The topological polar surface area (TPSA) is 74.2 Å². The zero-order valence-corrected chi connectivity index (χ0v) is 10.5. The maximum Gasteiger partial charge on any atom is 0.216 e. The van der Waals surface area contributed by atoms with Gasteiger partial charge < -0.3 is 14.5 Å². The van der Waals surface area contributed by atoms with Crippen molar-refractivity contribution in [3.05, 3.63) is 30.0 Å². The van der Waals surface area contributed by atoms with Gasteiger partial charge in [-0.2, -0.15) is 0 Å². The van der Waals surface area contributed by atoms with Crippen molar-refractivity contribution in [3.8, 4) is 5.75 Å². The Morgan fingerprint density at radius 2 is 2.00 bits per heavy atom. The lowest BCUT2D eigenvalue weighted by atomic mass is 10.2. The summed E-state index contributed by atoms with van der Waals surface area (Å²) >= 11 is 0. The molecule has 0 radical (unpaired) electrons. The van der Waals surface area contributed by atoms with E-state index in [0.29, 0.717) is 17.3 Å². The van der Waals surface area contributed by atoms with E-state index in [0.717, 1.165) is 5.69 Å². The molecule has 0 aliphatic carbocycles. The van der Waals surface area contributed by atoms with Gasteiger partial charge in [-0.1, -0.05) is 5.16 Å². The first kappa shape index (κ1) is 12.1. The van der Waals surface area contributed by atoms with Crippen LogP contribution in [0, 0.1) is 6.92 Å². The average molecular weight is 246 g/mol. The number of aryl methyl sites for hydroxylation is 1. The molecule has 0 amide bonds. The standard InChI is InChI=1S/C12H14N4O2/c1-8-6-12(15-18-8)14-13-10-5-4-9(16(2)3)7-11(10)17/h4-7,17H,1-3H3. The summed E-state index contributed by atoms with van der Waals surface area (Å²) in [5.41, 5.74) is 1.28. The number of aromatic hydroxyl groups is 1. The highest BCUT2D eigenvalue weighted by Crippen LogP contribution is 2.31. The zero-order valence-electron chi connectivity index (χ0n) is 10.5. The summed E-state index contributed by atoms with van der Waals surface area (Å²) in [6.07, 6.45) is 0. The van der Waals surface area contributed by atoms with E-state index >= 15 is 0 Å². The largest absolute Gasteiger partial charge is 0.506 e. The molecular weight excluding hydrogens is 232 g/mol. The van der Waals surface area contributed by atoms with Crippen molar-refractivity contribution in [2.24, 2.45) is 10.2 Å². The minimum absolute atomic E-state index is 0.0742. The number of hydrogen-bond acceptors (Lipinski definition) is 6. The summed E-state index contributed by atoms with van der Waals surface area (Å²) in [6.45, 7) is 1.77. The van der Waals surface area contributed by atoms with Crippen molar-refractivity contribution < 1.29 is 9.63 Å². The molecule has 1 N–H and O–H groups in total. The van der Waals surface area contributed by atoms with Crippen LogP contribution in [-0.4, -0.2) is 24.4 Å². The molecule has 1 aromatic carbocycles. The number of azo groups is 1. The molecule has 0 aliphatic rings. The van der Waals surface area contributed by atoms with Crippen molar-refractivity contribution in [1.29, 1.82) is 0 Å². The van der Waals surface area contributed by atoms with Crippen molar-refractivity contribution in [2.45, 2.75) is 6.92 Å². The molecule has 18 heavy (non-hydrogen) atoms. The van der Waals surface area contributed by atoms with Crippen LogP contribution in [0.3, 0.4) is 0 Å². The van der Waals surface area contributed by atoms with E-state index in [4.69, 9.17) is 4.52 Å². The van der Waals surface area contributed by atoms with Crippen LogP contribution in [0.5, 0.6) is 5.75 Å². The Balaban J connectivity index is 2.22. The highest BCUT2D eigenvalue weighted by atomic mass is 16.5. The van der Waals surface area contributed by atoms with E-state index in [2.05, 4.69) is 15.4 Å². The quantitative estimate of drug-likeness (QED) is 0.844. The van der Waals surface area contributed by atoms with Crippen molar-refractivity contribution >= 4 is 17.2 Å². The molecule has 6 nitrogen and oxygen atoms in total. The van der Waals surface area contributed by atoms with Crippen LogP contribution in [0.1, 0.15) is 5.76 Å². The van der Waals surface area contributed by atoms with Gasteiger partial charge in [0.15, 0.2) is 0 Å². The van der Waals surface area contributed by atoms with Crippen LogP contribution in [0.15, 0.2) is 39.0 Å². The number of anilines is 1. The van der Waals surface area contributed by atoms with Gasteiger partial charge in [0.25, 0.3) is 0 Å². The maximum absolute atomic E-state index is 9.80. The lowest BCUT2D eigenvalue weighted by Gasteiger charge is -2.12. The predicted molar refractivity (Wildman–Crippen MR) is 67.8 cm³/mol. The molecule has 0 fully saturated rings. The van der Waals surface area contributed by atoms with E-state index in [1.807, 2.05) is 25.1 Å². The SMILES string of the molecule is Cc1cc(N=Nc2ccc(N(C)C)cc2O)no1. The fourth-order valence-electron chi connectivity index (χ4n) is 1.38. The van der Waals surface area contributed by atoms with Gasteiger partial charge in [-0.05, 0) is 19.1 Å². The van der Waals surface area contributed by atoms with Gasteiger partial charge in [0.05, 0.1) is 0 Å². The average Bonchev–Trinajstić information content (AvgIpc) is 2.73. The van der Waals surface area contributed by atoms with Crippen LogP contribution in [-0.2, 0) is 0 Å². The first-order chi connectivity index (χ1) is 8.56. The zero-order chi connectivity index (χ0) is 13.1. The van der Waals surface area contributed by atoms with Gasteiger partial charge >= 0.3 is 0 Å². The number of hydrogen-bond donors (Lipinski definition) is 1. The molecule has 2 rings (SSSR count). The third-order valence-corrected chi connectivity index (χ3v) is 2.35. The van der Waals surface area contributed by atoms with E-state index < -0.39 is 0 Å². The Kier molecular flexibility index (Phi) is 3.27. The van der Waals surface area contributed by atoms with Crippen LogP contribution >= 0.6 is 0 Å². The van der Waals surface area contributed by atoms with Crippen LogP contribution in [0.2, 0.25) is 0 Å². The number of benzene rings is 1. The van der Waals surface area contributed by atoms with Crippen LogP contribution < -0.4 is 4.90 Å². The molecule has 0 unspecified atom stereocenters. The second-order valence-corrected chi connectivity index (χ2v) is 4.06. The number of rotatable bonds is 3. The van der Waals surface area contributed by atoms with Crippen molar-refractivity contribution in [2.75, 3.05) is 19.0 Å². The highest BCUT2D eigenvalue weighted by molar-refractivity contribution is 5.60. The van der Waals surface area contributed by atoms with Gasteiger partial charge in [-0.3, -0.25) is 0 Å². The minimum Gasteiger partial charge on any atom is -0.506 e. The molecule has 0 saturated carbocycles. The first-order valence-electron chi connectivity index (χ1n) is 5.41. The van der Waals surface area contributed by atoms with E-state index in [9.17, 15) is 5.11 Å². The van der Waals surface area contributed by atoms with Crippen molar-refractivity contribution in [1.82, 2.24) is 5.16 Å². The second kappa shape index (κ2) is 4.87. The summed E-state index contributed by atoms with van der Waals surface area (Å²) in [5, 5.41) is 21.3. The van der Waals surface area contributed by atoms with E-state index in [1.54, 1.807) is 25.1 Å². The lowest BCUT2D eigenvalue weighted by Crippen LogP contribution is -2.07. The van der Waals surface area contributed by atoms with Gasteiger partial charge in [0.2, 0.25) is 5.82 Å². The highest BCUT2D eigenvalue weighted by Gasteiger charge is 2.04. The number of nitrogens with zero attached hydrogens (tertiary/aromatic N) is 4. The van der Waals surface area contributed by atoms with E-state index in [1.165, 1.54) is 0 Å². The second-order valence-electron chi connectivity index (χ2n) is 4.06. The van der Waals surface area contributed by atoms with Gasteiger partial charge in [-0.25, -0.2) is 0 Å². The Hall–Kier alpha value is -2.37. The third-order valence-electron chi connectivity index (χ3n) is 2.35. The molecule has 0 saturated heterocycles. The Bertz CT molecular complexity index is 575. The van der Waals surface area contributed by atoms with E-state index in [-0.39, 0.29) is 5.75 Å². The predicted octanol–water partition coefficient (Wildman–Crippen LogP) is 3.17. The van der Waals surface area contributed by atoms with Crippen molar-refractivity contribution in [3.63, 3.8) is 0 Å². The minimum atomic E-state index is 0.0742. The molecule has 6 heteroatoms. The molecule has 94 valence electrons. The molecular formula is C12H14N4O2. The van der Waals surface area contributed by atoms with Crippen LogP contribution in [0.4, 0.5) is 17.2 Å². The summed E-state index contributed by atoms with van der Waals surface area (Å²) in [5.74, 6) is 1.12. The molecule has 0 bridgehead atoms. The van der Waals surface area contributed by atoms with Gasteiger partial charge in [-0.15, -0.1) is 10.2 Å². The normalized spacial score (nSPS) is 11.1. The molecule has 1 aromatic heterocycles. The number of aromatic nitrogens is 1. The summed E-state index contributed by atoms with van der Waals surface area (Å²) in [6, 6.07) is 6.83. The summed E-state index contributed by atoms with van der Waals surface area (Å²) in [4.78, 5) is 1.89. The van der Waals surface area contributed by atoms with Gasteiger partial charge in [0, 0.05) is 31.9 Å². The first-order valence-corrected chi connectivity index (χ1v) is 5.41. The molecule has 1 heterocycles. The maximum atomic E-state index is 9.80. The Morgan fingerprint density at radius 3 is 2.56 bits per heavy atom. The summed E-state index contributed by atoms with van der Waals surface area (Å²) in [7, 11) is 3.79. The monoisotopic (exact) mass is 246 g/mol. The molecule has 0 spiro atoms. The van der Waals surface area contributed by atoms with Crippen LogP contribution in [0.25, 0.3) is 0 Å². The fraction of sp³-hybridized carbons (Fsp3) is 0.250. The smallest absolute Gasteiger partial charge is 0.216 e. The number of phenols is 1. The Labute approximate surface area is 105 Å². The number of phenolic OH excluding ortho intramolecular Hbond substituents is 1. The third kappa shape index (κ3) is 2.65. The molecule has 0 aliphatic heterocycles. The molecule has 2 aromatic rings. The Morgan fingerprint density at radius 1 is 1.22 bits per heavy atom. The lowest BCUT2D eigenvalue weighted by molar-refractivity contribution is 0.399. The summed E-state index contributed by atoms with van der Waals surface area (Å²) < 4.78 is 4.86. The van der Waals surface area contributed by atoms with Gasteiger partial charge in [0.1, 0.15) is 17.2 Å². The molecule has 0 atom stereocenters.